The molecule has 4 heteroatoms. The van der Waals surface area contributed by atoms with Crippen LogP contribution in [0.5, 0.6) is 0 Å². The van der Waals surface area contributed by atoms with Crippen molar-refractivity contribution in [3.8, 4) is 0 Å². The Hall–Kier alpha value is -0.770. The van der Waals surface area contributed by atoms with Gasteiger partial charge in [0, 0.05) is 12.6 Å². The molecule has 110 valence electrons. The number of aliphatic hydroxyl groups is 1. The highest BCUT2D eigenvalue weighted by Crippen LogP contribution is 2.35. The standard InChI is InChI=1S/C15H27NO3/c1-15(2,3)19-14(18)16-10-4-5-12(16)8-9-13(17)11-6-7-11/h11-13,17H,4-10H2,1-3H3/t12-,13+/m1/s1. The largest absolute Gasteiger partial charge is 0.444 e. The van der Waals surface area contributed by atoms with Gasteiger partial charge in [0.25, 0.3) is 0 Å². The maximum absolute atomic E-state index is 12.1. The van der Waals surface area contributed by atoms with Gasteiger partial charge in [-0.3, -0.25) is 0 Å². The highest BCUT2D eigenvalue weighted by molar-refractivity contribution is 5.68. The number of hydrogen-bond acceptors (Lipinski definition) is 3. The van der Waals surface area contributed by atoms with Crippen molar-refractivity contribution in [2.75, 3.05) is 6.54 Å². The Balaban J connectivity index is 1.80. The Morgan fingerprint density at radius 2 is 2.05 bits per heavy atom. The van der Waals surface area contributed by atoms with Crippen molar-refractivity contribution in [2.45, 2.75) is 77.0 Å². The smallest absolute Gasteiger partial charge is 0.410 e. The molecule has 19 heavy (non-hydrogen) atoms. The Bertz CT molecular complexity index is 320. The molecule has 0 spiro atoms. The molecule has 0 aromatic heterocycles. The zero-order chi connectivity index (χ0) is 14.0. The van der Waals surface area contributed by atoms with Crippen LogP contribution in [-0.4, -0.2) is 40.4 Å². The molecule has 1 aliphatic heterocycles. The predicted octanol–water partition coefficient (Wildman–Crippen LogP) is 2.94. The van der Waals surface area contributed by atoms with Crippen LogP contribution in [0, 0.1) is 5.92 Å². The molecule has 0 radical (unpaired) electrons. The first-order valence-electron chi connectivity index (χ1n) is 7.54. The summed E-state index contributed by atoms with van der Waals surface area (Å²) in [5.41, 5.74) is -0.433. The lowest BCUT2D eigenvalue weighted by atomic mass is 10.0. The summed E-state index contributed by atoms with van der Waals surface area (Å²) in [6.07, 6.45) is 5.77. The van der Waals surface area contributed by atoms with Crippen LogP contribution in [0.4, 0.5) is 4.79 Å². The summed E-state index contributed by atoms with van der Waals surface area (Å²) in [6.45, 7) is 6.48. The van der Waals surface area contributed by atoms with Crippen LogP contribution in [0.3, 0.4) is 0 Å². The van der Waals surface area contributed by atoms with Crippen LogP contribution in [-0.2, 0) is 4.74 Å². The minimum atomic E-state index is -0.433. The van der Waals surface area contributed by atoms with E-state index in [1.165, 1.54) is 12.8 Å². The molecule has 2 atom stereocenters. The second-order valence-electron chi connectivity index (χ2n) is 6.95. The Morgan fingerprint density at radius 3 is 2.63 bits per heavy atom. The molecule has 1 saturated heterocycles. The SMILES string of the molecule is CC(C)(C)OC(=O)N1CCC[C@@H]1CC[C@H](O)C1CC1. The Kier molecular flexibility index (Phi) is 4.39. The maximum Gasteiger partial charge on any atom is 0.410 e. The van der Waals surface area contributed by atoms with Gasteiger partial charge in [0.05, 0.1) is 6.10 Å². The average molecular weight is 269 g/mol. The number of amides is 1. The van der Waals surface area contributed by atoms with Gasteiger partial charge >= 0.3 is 6.09 Å². The molecule has 1 aliphatic carbocycles. The molecule has 0 aromatic rings. The Morgan fingerprint density at radius 1 is 1.37 bits per heavy atom. The van der Waals surface area contributed by atoms with Crippen molar-refractivity contribution in [1.82, 2.24) is 4.90 Å². The van der Waals surface area contributed by atoms with Crippen LogP contribution < -0.4 is 0 Å². The molecule has 1 saturated carbocycles. The third kappa shape index (κ3) is 4.37. The highest BCUT2D eigenvalue weighted by Gasteiger charge is 2.34. The fourth-order valence-electron chi connectivity index (χ4n) is 2.78. The quantitative estimate of drug-likeness (QED) is 0.853. The van der Waals surface area contributed by atoms with Crippen molar-refractivity contribution < 1.29 is 14.6 Å². The lowest BCUT2D eigenvalue weighted by Crippen LogP contribution is -2.40. The molecule has 0 aromatic carbocycles. The van der Waals surface area contributed by atoms with Crippen LogP contribution in [0.25, 0.3) is 0 Å². The molecule has 4 nitrogen and oxygen atoms in total. The number of rotatable bonds is 4. The van der Waals surface area contributed by atoms with Gasteiger partial charge in [-0.05, 0) is 65.2 Å². The van der Waals surface area contributed by atoms with E-state index in [9.17, 15) is 9.90 Å². The van der Waals surface area contributed by atoms with Crippen molar-refractivity contribution in [2.24, 2.45) is 5.92 Å². The monoisotopic (exact) mass is 269 g/mol. The molecule has 2 fully saturated rings. The summed E-state index contributed by atoms with van der Waals surface area (Å²) in [6, 6.07) is 0.253. The number of hydrogen-bond donors (Lipinski definition) is 1. The minimum Gasteiger partial charge on any atom is -0.444 e. The third-order valence-corrected chi connectivity index (χ3v) is 3.97. The first-order valence-corrected chi connectivity index (χ1v) is 7.54. The minimum absolute atomic E-state index is 0.166. The molecule has 0 bridgehead atoms. The van der Waals surface area contributed by atoms with Crippen LogP contribution in [0.1, 0.15) is 59.3 Å². The molecule has 1 N–H and O–H groups in total. The zero-order valence-corrected chi connectivity index (χ0v) is 12.4. The Labute approximate surface area is 116 Å². The lowest BCUT2D eigenvalue weighted by molar-refractivity contribution is 0.0204. The fraction of sp³-hybridized carbons (Fsp3) is 0.933. The van der Waals surface area contributed by atoms with E-state index in [4.69, 9.17) is 4.74 Å². The van der Waals surface area contributed by atoms with Gasteiger partial charge < -0.3 is 14.7 Å². The van der Waals surface area contributed by atoms with E-state index in [1.54, 1.807) is 0 Å². The van der Waals surface area contributed by atoms with Crippen LogP contribution in [0.15, 0.2) is 0 Å². The number of carbonyl (C=O) groups excluding carboxylic acids is 1. The maximum atomic E-state index is 12.1. The third-order valence-electron chi connectivity index (χ3n) is 3.97. The lowest BCUT2D eigenvalue weighted by Gasteiger charge is -2.29. The summed E-state index contributed by atoms with van der Waals surface area (Å²) >= 11 is 0. The van der Waals surface area contributed by atoms with E-state index in [-0.39, 0.29) is 18.2 Å². The van der Waals surface area contributed by atoms with E-state index in [0.717, 1.165) is 32.2 Å². The summed E-state index contributed by atoms with van der Waals surface area (Å²) in [5, 5.41) is 9.93. The molecule has 1 heterocycles. The predicted molar refractivity (Wildman–Crippen MR) is 73.9 cm³/mol. The second-order valence-corrected chi connectivity index (χ2v) is 6.95. The van der Waals surface area contributed by atoms with Crippen molar-refractivity contribution >= 4 is 6.09 Å². The van der Waals surface area contributed by atoms with Gasteiger partial charge in [0.2, 0.25) is 0 Å². The van der Waals surface area contributed by atoms with Gasteiger partial charge in [-0.25, -0.2) is 4.79 Å². The van der Waals surface area contributed by atoms with E-state index in [0.29, 0.717) is 5.92 Å². The molecule has 2 rings (SSSR count). The molecular formula is C15H27NO3. The zero-order valence-electron chi connectivity index (χ0n) is 12.4. The van der Waals surface area contributed by atoms with Gasteiger partial charge in [0.15, 0.2) is 0 Å². The van der Waals surface area contributed by atoms with Crippen molar-refractivity contribution in [3.63, 3.8) is 0 Å². The van der Waals surface area contributed by atoms with Crippen LogP contribution in [0.2, 0.25) is 0 Å². The first kappa shape index (κ1) is 14.6. The van der Waals surface area contributed by atoms with Gasteiger partial charge in [-0.15, -0.1) is 0 Å². The summed E-state index contributed by atoms with van der Waals surface area (Å²) in [4.78, 5) is 14.0. The normalized spacial score (nSPS) is 25.5. The molecular weight excluding hydrogens is 242 g/mol. The summed E-state index contributed by atoms with van der Waals surface area (Å²) in [5.74, 6) is 0.524. The van der Waals surface area contributed by atoms with Gasteiger partial charge in [-0.1, -0.05) is 0 Å². The average Bonchev–Trinajstić information content (AvgIpc) is 3.02. The highest BCUT2D eigenvalue weighted by atomic mass is 16.6. The van der Waals surface area contributed by atoms with E-state index in [1.807, 2.05) is 25.7 Å². The summed E-state index contributed by atoms with van der Waals surface area (Å²) in [7, 11) is 0. The fourth-order valence-corrected chi connectivity index (χ4v) is 2.78. The topological polar surface area (TPSA) is 49.8 Å². The molecule has 2 aliphatic rings. The first-order chi connectivity index (χ1) is 8.87. The second kappa shape index (κ2) is 5.70. The van der Waals surface area contributed by atoms with E-state index in [2.05, 4.69) is 0 Å². The molecule has 0 unspecified atom stereocenters. The number of ether oxygens (including phenoxy) is 1. The number of likely N-dealkylation sites (tertiary alicyclic amines) is 1. The van der Waals surface area contributed by atoms with Gasteiger partial charge in [0.1, 0.15) is 5.60 Å². The van der Waals surface area contributed by atoms with E-state index < -0.39 is 5.60 Å². The number of nitrogens with zero attached hydrogens (tertiary/aromatic N) is 1. The number of aliphatic hydroxyl groups excluding tert-OH is 1. The number of carbonyl (C=O) groups is 1. The van der Waals surface area contributed by atoms with Crippen molar-refractivity contribution in [3.05, 3.63) is 0 Å². The van der Waals surface area contributed by atoms with Crippen molar-refractivity contribution in [1.29, 1.82) is 0 Å². The summed E-state index contributed by atoms with van der Waals surface area (Å²) < 4.78 is 5.44. The molecule has 1 amide bonds. The van der Waals surface area contributed by atoms with Gasteiger partial charge in [-0.2, -0.15) is 0 Å². The van der Waals surface area contributed by atoms with Crippen LogP contribution >= 0.6 is 0 Å². The van der Waals surface area contributed by atoms with E-state index >= 15 is 0 Å².